The van der Waals surface area contributed by atoms with Crippen LogP contribution in [0.3, 0.4) is 0 Å². The molecule has 2 heterocycles. The fourth-order valence-corrected chi connectivity index (χ4v) is 4.07. The van der Waals surface area contributed by atoms with Gasteiger partial charge in [0.05, 0.1) is 12.1 Å². The summed E-state index contributed by atoms with van der Waals surface area (Å²) in [5.41, 5.74) is 3.04. The van der Waals surface area contributed by atoms with E-state index >= 15 is 0 Å². The highest BCUT2D eigenvalue weighted by Crippen LogP contribution is 2.16. The van der Waals surface area contributed by atoms with Crippen molar-refractivity contribution >= 4 is 5.91 Å². The molecule has 28 heavy (non-hydrogen) atoms. The van der Waals surface area contributed by atoms with Gasteiger partial charge in [-0.05, 0) is 59.8 Å². The predicted octanol–water partition coefficient (Wildman–Crippen LogP) is 2.48. The van der Waals surface area contributed by atoms with E-state index in [1.54, 1.807) is 11.0 Å². The van der Waals surface area contributed by atoms with Crippen LogP contribution in [0.5, 0.6) is 0 Å². The Balaban J connectivity index is 1.55. The molecule has 3 rings (SSSR count). The van der Waals surface area contributed by atoms with Crippen LogP contribution in [0.1, 0.15) is 44.2 Å². The average molecular weight is 385 g/mol. The van der Waals surface area contributed by atoms with Gasteiger partial charge in [0.15, 0.2) is 0 Å². The van der Waals surface area contributed by atoms with E-state index in [9.17, 15) is 4.79 Å². The maximum atomic E-state index is 12.8. The highest BCUT2D eigenvalue weighted by atomic mass is 16.2. The zero-order valence-corrected chi connectivity index (χ0v) is 17.3. The minimum absolute atomic E-state index is 0.220. The molecule has 2 aromatic rings. The number of tetrazole rings is 1. The lowest BCUT2D eigenvalue weighted by Crippen LogP contribution is -2.37. The third-order valence-electron chi connectivity index (χ3n) is 5.50. The normalized spacial score (nSPS) is 16.8. The van der Waals surface area contributed by atoms with Crippen molar-refractivity contribution in [2.75, 3.05) is 32.7 Å². The summed E-state index contributed by atoms with van der Waals surface area (Å²) >= 11 is 0. The lowest BCUT2D eigenvalue weighted by atomic mass is 10.1. The summed E-state index contributed by atoms with van der Waals surface area (Å²) in [6.45, 7) is 11.5. The van der Waals surface area contributed by atoms with E-state index in [0.29, 0.717) is 6.42 Å². The van der Waals surface area contributed by atoms with Crippen molar-refractivity contribution in [2.45, 2.75) is 46.5 Å². The number of aryl methyl sites for hydroxylation is 1. The molecule has 0 aliphatic carbocycles. The van der Waals surface area contributed by atoms with Gasteiger partial charge in [-0.1, -0.05) is 32.4 Å². The second-order valence-corrected chi connectivity index (χ2v) is 7.98. The van der Waals surface area contributed by atoms with Gasteiger partial charge >= 0.3 is 0 Å². The summed E-state index contributed by atoms with van der Waals surface area (Å²) in [4.78, 5) is 17.4. The molecule has 1 saturated heterocycles. The van der Waals surface area contributed by atoms with Crippen molar-refractivity contribution in [1.29, 1.82) is 0 Å². The molecule has 0 N–H and O–H groups in total. The molecule has 1 amide bonds. The third kappa shape index (κ3) is 5.38. The summed E-state index contributed by atoms with van der Waals surface area (Å²) in [6, 6.07) is 6.04. The molecular weight excluding hydrogens is 352 g/mol. The van der Waals surface area contributed by atoms with Crippen LogP contribution in [0.25, 0.3) is 5.69 Å². The Hall–Kier alpha value is -2.28. The number of amides is 1. The monoisotopic (exact) mass is 384 g/mol. The average Bonchev–Trinajstić information content (AvgIpc) is 3.08. The Morgan fingerprint density at radius 2 is 2.07 bits per heavy atom. The summed E-state index contributed by atoms with van der Waals surface area (Å²) in [7, 11) is 0. The van der Waals surface area contributed by atoms with E-state index in [1.165, 1.54) is 12.8 Å². The van der Waals surface area contributed by atoms with Crippen molar-refractivity contribution in [2.24, 2.45) is 5.92 Å². The van der Waals surface area contributed by atoms with E-state index in [2.05, 4.69) is 40.3 Å². The molecule has 0 bridgehead atoms. The predicted molar refractivity (Wildman–Crippen MR) is 109 cm³/mol. The van der Waals surface area contributed by atoms with Crippen molar-refractivity contribution in [3.05, 3.63) is 35.7 Å². The zero-order valence-electron chi connectivity index (χ0n) is 17.3. The molecule has 0 saturated carbocycles. The van der Waals surface area contributed by atoms with Gasteiger partial charge in [-0.3, -0.25) is 4.79 Å². The van der Waals surface area contributed by atoms with Crippen LogP contribution in [0.2, 0.25) is 0 Å². The molecule has 1 aliphatic rings. The summed E-state index contributed by atoms with van der Waals surface area (Å²) in [5.74, 6) is 0.951. The quantitative estimate of drug-likeness (QED) is 0.734. The van der Waals surface area contributed by atoms with Crippen LogP contribution in [0.15, 0.2) is 24.5 Å². The molecule has 1 aromatic carbocycles. The largest absolute Gasteiger partial charge is 0.341 e. The Labute approximate surface area is 167 Å². The smallest absolute Gasteiger partial charge is 0.227 e. The van der Waals surface area contributed by atoms with Crippen LogP contribution >= 0.6 is 0 Å². The fraction of sp³-hybridized carbons (Fsp3) is 0.619. The lowest BCUT2D eigenvalue weighted by molar-refractivity contribution is -0.130. The van der Waals surface area contributed by atoms with Crippen molar-refractivity contribution < 1.29 is 4.79 Å². The van der Waals surface area contributed by atoms with E-state index in [-0.39, 0.29) is 5.91 Å². The molecule has 0 spiro atoms. The number of benzene rings is 1. The second-order valence-electron chi connectivity index (χ2n) is 7.98. The van der Waals surface area contributed by atoms with Gasteiger partial charge in [0.1, 0.15) is 6.33 Å². The number of carbonyl (C=O) groups is 1. The van der Waals surface area contributed by atoms with Gasteiger partial charge in [0.25, 0.3) is 0 Å². The topological polar surface area (TPSA) is 67.2 Å². The molecule has 152 valence electrons. The van der Waals surface area contributed by atoms with Crippen molar-refractivity contribution in [1.82, 2.24) is 30.0 Å². The number of nitrogens with zero attached hydrogens (tertiary/aromatic N) is 6. The maximum absolute atomic E-state index is 12.8. The lowest BCUT2D eigenvalue weighted by Gasteiger charge is -2.24. The first-order chi connectivity index (χ1) is 13.6. The first-order valence-electron chi connectivity index (χ1n) is 10.4. The zero-order chi connectivity index (χ0) is 19.9. The Morgan fingerprint density at radius 1 is 1.21 bits per heavy atom. The molecule has 7 heteroatoms. The molecule has 7 nitrogen and oxygen atoms in total. The molecular formula is C21H32N6O. The number of aromatic nitrogens is 4. The highest BCUT2D eigenvalue weighted by Gasteiger charge is 2.20. The third-order valence-corrected chi connectivity index (χ3v) is 5.50. The molecule has 1 aliphatic heterocycles. The van der Waals surface area contributed by atoms with Gasteiger partial charge in [0.2, 0.25) is 5.91 Å². The Kier molecular flexibility index (Phi) is 7.14. The van der Waals surface area contributed by atoms with Gasteiger partial charge in [-0.2, -0.15) is 0 Å². The summed E-state index contributed by atoms with van der Waals surface area (Å²) in [5, 5.41) is 11.3. The number of carbonyl (C=O) groups excluding carboxylic acids is 1. The first kappa shape index (κ1) is 20.5. The minimum atomic E-state index is 0.220. The Bertz CT molecular complexity index is 760. The Morgan fingerprint density at radius 3 is 2.79 bits per heavy atom. The second kappa shape index (κ2) is 9.78. The minimum Gasteiger partial charge on any atom is -0.341 e. The van der Waals surface area contributed by atoms with Crippen molar-refractivity contribution in [3.8, 4) is 5.69 Å². The first-order valence-corrected chi connectivity index (χ1v) is 10.4. The summed E-state index contributed by atoms with van der Waals surface area (Å²) < 4.78 is 1.64. The van der Waals surface area contributed by atoms with Crippen molar-refractivity contribution in [3.63, 3.8) is 0 Å². The van der Waals surface area contributed by atoms with Crippen LogP contribution in [-0.2, 0) is 11.2 Å². The molecule has 0 radical (unpaired) electrons. The van der Waals surface area contributed by atoms with E-state index in [1.807, 2.05) is 24.0 Å². The number of hydrogen-bond acceptors (Lipinski definition) is 5. The molecule has 1 aromatic heterocycles. The fourth-order valence-electron chi connectivity index (χ4n) is 4.07. The van der Waals surface area contributed by atoms with E-state index in [0.717, 1.165) is 61.9 Å². The SMILES string of the molecule is CCCC(C)CN1CCCN(C(=O)Cc2ccc(-n3cnnn3)c(C)c2)CC1. The maximum Gasteiger partial charge on any atom is 0.227 e. The van der Waals surface area contributed by atoms with Crippen LogP contribution < -0.4 is 0 Å². The van der Waals surface area contributed by atoms with Crippen LogP contribution in [0, 0.1) is 12.8 Å². The van der Waals surface area contributed by atoms with Crippen LogP contribution in [0.4, 0.5) is 0 Å². The molecule has 1 fully saturated rings. The van der Waals surface area contributed by atoms with Gasteiger partial charge in [-0.25, -0.2) is 4.68 Å². The number of rotatable bonds is 7. The number of hydrogen-bond donors (Lipinski definition) is 0. The highest BCUT2D eigenvalue weighted by molar-refractivity contribution is 5.79. The van der Waals surface area contributed by atoms with Crippen LogP contribution in [-0.4, -0.2) is 68.6 Å². The van der Waals surface area contributed by atoms with Gasteiger partial charge in [0, 0.05) is 26.2 Å². The van der Waals surface area contributed by atoms with Gasteiger partial charge < -0.3 is 9.80 Å². The van der Waals surface area contributed by atoms with Gasteiger partial charge in [-0.15, -0.1) is 5.10 Å². The van der Waals surface area contributed by atoms with E-state index in [4.69, 9.17) is 0 Å². The summed E-state index contributed by atoms with van der Waals surface area (Å²) in [6.07, 6.45) is 5.60. The van der Waals surface area contributed by atoms with E-state index < -0.39 is 0 Å². The standard InChI is InChI=1S/C21H32N6O/c1-4-6-17(2)15-25-9-5-10-26(12-11-25)21(28)14-19-7-8-20(18(3)13-19)27-16-22-23-24-27/h7-8,13,16-17H,4-6,9-12,14-15H2,1-3H3. The molecule has 1 unspecified atom stereocenters. The molecule has 1 atom stereocenters.